The van der Waals surface area contributed by atoms with Gasteiger partial charge in [-0.2, -0.15) is 4.98 Å². The summed E-state index contributed by atoms with van der Waals surface area (Å²) in [6.45, 7) is 5.54. The third kappa shape index (κ3) is 3.98. The number of anilines is 2. The molecule has 2 aromatic heterocycles. The number of fused-ring (bicyclic) bond motifs is 1. The summed E-state index contributed by atoms with van der Waals surface area (Å²) in [6.07, 6.45) is 3.86. The molecule has 4 rings (SSSR count). The van der Waals surface area contributed by atoms with Crippen LogP contribution in [0.2, 0.25) is 0 Å². The monoisotopic (exact) mass is 398 g/mol. The van der Waals surface area contributed by atoms with Crippen LogP contribution in [0.4, 0.5) is 15.9 Å². The van der Waals surface area contributed by atoms with E-state index in [1.807, 2.05) is 0 Å². The second-order valence-corrected chi connectivity index (χ2v) is 7.57. The molecule has 9 heteroatoms. The topological polar surface area (TPSA) is 84.5 Å². The van der Waals surface area contributed by atoms with Gasteiger partial charge in [-0.25, -0.2) is 18.3 Å². The molecule has 0 aliphatic carbocycles. The molecule has 0 saturated carbocycles. The van der Waals surface area contributed by atoms with Crippen molar-refractivity contribution in [1.82, 2.24) is 19.2 Å². The fraction of sp³-hybridized carbons (Fsp3) is 0.400. The van der Waals surface area contributed by atoms with Crippen molar-refractivity contribution in [2.75, 3.05) is 23.3 Å². The van der Waals surface area contributed by atoms with E-state index in [1.165, 1.54) is 22.6 Å². The molecule has 1 aromatic carbocycles. The molecule has 152 valence electrons. The molecule has 3 heterocycles. The van der Waals surface area contributed by atoms with E-state index in [2.05, 4.69) is 27.2 Å². The molecular formula is C20H23FN6O2. The summed E-state index contributed by atoms with van der Waals surface area (Å²) in [5.74, 6) is 0.961. The zero-order chi connectivity index (χ0) is 20.5. The van der Waals surface area contributed by atoms with Gasteiger partial charge in [-0.3, -0.25) is 4.79 Å². The van der Waals surface area contributed by atoms with Gasteiger partial charge in [0.1, 0.15) is 18.2 Å². The quantitative estimate of drug-likeness (QED) is 0.728. The van der Waals surface area contributed by atoms with E-state index in [4.69, 9.17) is 0 Å². The lowest BCUT2D eigenvalue weighted by atomic mass is 9.99. The fourth-order valence-electron chi connectivity index (χ4n) is 3.51. The Labute approximate surface area is 167 Å². The molecule has 0 radical (unpaired) electrons. The zero-order valence-electron chi connectivity index (χ0n) is 16.4. The Balaban J connectivity index is 1.52. The van der Waals surface area contributed by atoms with Crippen molar-refractivity contribution in [3.05, 3.63) is 52.3 Å². The molecular weight excluding hydrogens is 375 g/mol. The van der Waals surface area contributed by atoms with Crippen LogP contribution in [0.15, 0.2) is 35.3 Å². The standard InChI is InChI=1S/C20H23FN6O2/c1-13-5-8-25(9-6-13)17-7-10-26-19(23-17)24-27(20(26)29)12-18(28)22-16-4-3-15(21)11-14(16)2/h3-4,7,10-11,13H,5-6,8-9,12H2,1-2H3,(H,22,28). The van der Waals surface area contributed by atoms with Gasteiger partial charge in [-0.1, -0.05) is 6.92 Å². The maximum absolute atomic E-state index is 13.2. The van der Waals surface area contributed by atoms with Crippen molar-refractivity contribution >= 4 is 23.2 Å². The van der Waals surface area contributed by atoms with Crippen LogP contribution in [0.1, 0.15) is 25.3 Å². The highest BCUT2D eigenvalue weighted by Gasteiger charge is 2.19. The Kier molecular flexibility index (Phi) is 5.04. The minimum atomic E-state index is -0.433. The van der Waals surface area contributed by atoms with Crippen LogP contribution in [-0.2, 0) is 11.3 Å². The van der Waals surface area contributed by atoms with E-state index < -0.39 is 11.6 Å². The second kappa shape index (κ2) is 7.65. The smallest absolute Gasteiger partial charge is 0.352 e. The third-order valence-corrected chi connectivity index (χ3v) is 5.30. The Hall–Kier alpha value is -3.23. The fourth-order valence-corrected chi connectivity index (χ4v) is 3.51. The maximum atomic E-state index is 13.2. The van der Waals surface area contributed by atoms with Crippen molar-refractivity contribution in [1.29, 1.82) is 0 Å². The highest BCUT2D eigenvalue weighted by atomic mass is 19.1. The highest BCUT2D eigenvalue weighted by molar-refractivity contribution is 5.91. The van der Waals surface area contributed by atoms with Crippen molar-refractivity contribution in [2.45, 2.75) is 33.2 Å². The first-order valence-electron chi connectivity index (χ1n) is 9.68. The first-order chi connectivity index (χ1) is 13.9. The number of benzene rings is 1. The molecule has 0 atom stereocenters. The number of piperidine rings is 1. The highest BCUT2D eigenvalue weighted by Crippen LogP contribution is 2.21. The average Bonchev–Trinajstić information content (AvgIpc) is 2.99. The number of carbonyl (C=O) groups excluding carboxylic acids is 1. The van der Waals surface area contributed by atoms with Crippen LogP contribution >= 0.6 is 0 Å². The van der Waals surface area contributed by atoms with Gasteiger partial charge < -0.3 is 10.2 Å². The van der Waals surface area contributed by atoms with Gasteiger partial charge in [0.15, 0.2) is 0 Å². The summed E-state index contributed by atoms with van der Waals surface area (Å²) in [4.78, 5) is 31.6. The number of nitrogens with one attached hydrogen (secondary N) is 1. The number of aryl methyl sites for hydroxylation is 1. The summed E-state index contributed by atoms with van der Waals surface area (Å²) >= 11 is 0. The lowest BCUT2D eigenvalue weighted by molar-refractivity contribution is -0.117. The Bertz CT molecular complexity index is 1110. The number of halogens is 1. The zero-order valence-corrected chi connectivity index (χ0v) is 16.4. The lowest BCUT2D eigenvalue weighted by Crippen LogP contribution is -2.33. The van der Waals surface area contributed by atoms with Gasteiger partial charge in [-0.15, -0.1) is 5.10 Å². The van der Waals surface area contributed by atoms with Crippen LogP contribution in [0.5, 0.6) is 0 Å². The van der Waals surface area contributed by atoms with E-state index in [9.17, 15) is 14.0 Å². The Morgan fingerprint density at radius 3 is 2.76 bits per heavy atom. The molecule has 0 spiro atoms. The number of nitrogens with zero attached hydrogens (tertiary/aromatic N) is 5. The average molecular weight is 398 g/mol. The Morgan fingerprint density at radius 2 is 2.03 bits per heavy atom. The van der Waals surface area contributed by atoms with Crippen LogP contribution in [0.25, 0.3) is 5.78 Å². The SMILES string of the molecule is Cc1cc(F)ccc1NC(=O)Cn1nc2nc(N3CCC(C)CC3)ccn2c1=O. The van der Waals surface area contributed by atoms with Crippen molar-refractivity contribution in [3.63, 3.8) is 0 Å². The van der Waals surface area contributed by atoms with Gasteiger partial charge in [0.05, 0.1) is 0 Å². The van der Waals surface area contributed by atoms with E-state index >= 15 is 0 Å². The molecule has 1 saturated heterocycles. The Morgan fingerprint density at radius 1 is 1.28 bits per heavy atom. The molecule has 1 aliphatic rings. The molecule has 3 aromatic rings. The number of aromatic nitrogens is 4. The van der Waals surface area contributed by atoms with Crippen molar-refractivity contribution < 1.29 is 9.18 Å². The first-order valence-corrected chi connectivity index (χ1v) is 9.68. The van der Waals surface area contributed by atoms with Crippen molar-refractivity contribution in [2.24, 2.45) is 5.92 Å². The lowest BCUT2D eigenvalue weighted by Gasteiger charge is -2.30. The van der Waals surface area contributed by atoms with E-state index in [-0.39, 0.29) is 18.1 Å². The number of rotatable bonds is 4. The van der Waals surface area contributed by atoms with Gasteiger partial charge >= 0.3 is 5.69 Å². The van der Waals surface area contributed by atoms with Gasteiger partial charge in [0, 0.05) is 25.0 Å². The van der Waals surface area contributed by atoms with Crippen molar-refractivity contribution in [3.8, 4) is 0 Å². The summed E-state index contributed by atoms with van der Waals surface area (Å²) < 4.78 is 15.6. The van der Waals surface area contributed by atoms with E-state index in [0.29, 0.717) is 17.2 Å². The first kappa shape index (κ1) is 19.1. The van der Waals surface area contributed by atoms with Crippen LogP contribution in [0.3, 0.4) is 0 Å². The van der Waals surface area contributed by atoms with E-state index in [1.54, 1.807) is 19.2 Å². The molecule has 0 unspecified atom stereocenters. The van der Waals surface area contributed by atoms with Gasteiger partial charge in [0.2, 0.25) is 5.91 Å². The number of hydrogen-bond donors (Lipinski definition) is 1. The molecule has 1 aliphatic heterocycles. The van der Waals surface area contributed by atoms with Gasteiger partial charge in [0.25, 0.3) is 5.78 Å². The second-order valence-electron chi connectivity index (χ2n) is 7.57. The number of carbonyl (C=O) groups is 1. The normalized spacial score (nSPS) is 15.1. The van der Waals surface area contributed by atoms with Crippen LogP contribution < -0.4 is 15.9 Å². The summed E-state index contributed by atoms with van der Waals surface area (Å²) in [5, 5.41) is 6.89. The van der Waals surface area contributed by atoms with Gasteiger partial charge in [-0.05, 0) is 55.5 Å². The predicted octanol–water partition coefficient (Wildman–Crippen LogP) is 2.21. The number of amides is 1. The van der Waals surface area contributed by atoms with Crippen LogP contribution in [0, 0.1) is 18.7 Å². The summed E-state index contributed by atoms with van der Waals surface area (Å²) in [5.41, 5.74) is 0.660. The summed E-state index contributed by atoms with van der Waals surface area (Å²) in [6, 6.07) is 5.90. The predicted molar refractivity (Wildman–Crippen MR) is 108 cm³/mol. The summed E-state index contributed by atoms with van der Waals surface area (Å²) in [7, 11) is 0. The number of hydrogen-bond acceptors (Lipinski definition) is 5. The molecule has 0 bridgehead atoms. The largest absolute Gasteiger partial charge is 0.356 e. The minimum absolute atomic E-state index is 0.254. The molecule has 1 N–H and O–H groups in total. The maximum Gasteiger partial charge on any atom is 0.352 e. The van der Waals surface area contributed by atoms with E-state index in [0.717, 1.165) is 36.4 Å². The molecule has 29 heavy (non-hydrogen) atoms. The minimum Gasteiger partial charge on any atom is -0.356 e. The molecule has 1 amide bonds. The molecule has 8 nitrogen and oxygen atoms in total. The third-order valence-electron chi connectivity index (χ3n) is 5.30. The van der Waals surface area contributed by atoms with Crippen LogP contribution in [-0.4, -0.2) is 38.2 Å². The molecule has 1 fully saturated rings.